The summed E-state index contributed by atoms with van der Waals surface area (Å²) in [5.74, 6) is 1.51. The van der Waals surface area contributed by atoms with E-state index in [-0.39, 0.29) is 11.6 Å². The van der Waals surface area contributed by atoms with Crippen LogP contribution in [0.3, 0.4) is 0 Å². The van der Waals surface area contributed by atoms with Crippen LogP contribution in [0, 0.1) is 5.41 Å². The average molecular weight is 109 g/mol. The van der Waals surface area contributed by atoms with Gasteiger partial charge in [0.25, 0.3) is 5.91 Å². The second-order valence-electron chi connectivity index (χ2n) is 1.21. The summed E-state index contributed by atoms with van der Waals surface area (Å²) >= 11 is 0. The van der Waals surface area contributed by atoms with Crippen LogP contribution in [-0.4, -0.2) is 18.1 Å². The normalized spacial score (nSPS) is 16.0. The molecule has 0 aromatic rings. The highest BCUT2D eigenvalue weighted by Gasteiger charge is 2.10. The van der Waals surface area contributed by atoms with Gasteiger partial charge in [0.05, 0.1) is 6.34 Å². The van der Waals surface area contributed by atoms with E-state index in [0.29, 0.717) is 0 Å². The van der Waals surface area contributed by atoms with E-state index < -0.39 is 0 Å². The van der Waals surface area contributed by atoms with Crippen molar-refractivity contribution in [1.29, 1.82) is 5.41 Å². The highest BCUT2D eigenvalue weighted by atomic mass is 16.2. The van der Waals surface area contributed by atoms with E-state index >= 15 is 0 Å². The van der Waals surface area contributed by atoms with Crippen LogP contribution >= 0.6 is 0 Å². The van der Waals surface area contributed by atoms with Crippen LogP contribution in [-0.2, 0) is 4.79 Å². The van der Waals surface area contributed by atoms with Gasteiger partial charge in [-0.1, -0.05) is 0 Å². The summed E-state index contributed by atoms with van der Waals surface area (Å²) in [5, 5.41) is 8.74. The molecule has 0 aromatic heterocycles. The summed E-state index contributed by atoms with van der Waals surface area (Å²) in [4.78, 5) is 13.8. The van der Waals surface area contributed by atoms with Crippen molar-refractivity contribution in [1.82, 2.24) is 5.32 Å². The predicted octanol–water partition coefficient (Wildman–Crippen LogP) is -0.723. The van der Waals surface area contributed by atoms with Gasteiger partial charge in [-0.15, -0.1) is 0 Å². The molecule has 0 aliphatic carbocycles. The molecule has 0 atom stereocenters. The molecule has 1 aliphatic heterocycles. The minimum Gasteiger partial charge on any atom is -0.311 e. The molecule has 40 valence electrons. The van der Waals surface area contributed by atoms with Gasteiger partial charge in [-0.05, 0) is 0 Å². The van der Waals surface area contributed by atoms with Gasteiger partial charge in [-0.25, -0.2) is 4.99 Å². The van der Waals surface area contributed by atoms with Gasteiger partial charge in [0.2, 0.25) is 0 Å². The molecule has 4 heteroatoms. The lowest BCUT2D eigenvalue weighted by Crippen LogP contribution is -2.14. The monoisotopic (exact) mass is 109 g/mol. The molecule has 1 aliphatic rings. The Kier molecular flexibility index (Phi) is 0.946. The van der Waals surface area contributed by atoms with E-state index in [9.17, 15) is 4.79 Å². The maximum Gasteiger partial charge on any atom is 0.284 e. The minimum atomic E-state index is -0.361. The van der Waals surface area contributed by atoms with Crippen LogP contribution in [0.1, 0.15) is 0 Å². The largest absolute Gasteiger partial charge is 0.311 e. The van der Waals surface area contributed by atoms with E-state index in [1.165, 1.54) is 6.34 Å². The molecule has 2 N–H and O–H groups in total. The van der Waals surface area contributed by atoms with Crippen LogP contribution in [0.25, 0.3) is 0 Å². The summed E-state index contributed by atoms with van der Waals surface area (Å²) in [6, 6.07) is 0. The van der Waals surface area contributed by atoms with E-state index in [0.717, 1.165) is 0 Å². The second-order valence-corrected chi connectivity index (χ2v) is 1.21. The van der Waals surface area contributed by atoms with Gasteiger partial charge in [0.1, 0.15) is 0 Å². The number of rotatable bonds is 0. The smallest absolute Gasteiger partial charge is 0.284 e. The number of hydrogen-bond acceptors (Lipinski definition) is 3. The summed E-state index contributed by atoms with van der Waals surface area (Å²) < 4.78 is 0. The Labute approximate surface area is 45.4 Å². The Morgan fingerprint density at radius 3 is 2.88 bits per heavy atom. The van der Waals surface area contributed by atoms with Crippen LogP contribution in [0.15, 0.2) is 10.7 Å². The van der Waals surface area contributed by atoms with E-state index in [4.69, 9.17) is 5.41 Å². The van der Waals surface area contributed by atoms with Crippen LogP contribution in [0.4, 0.5) is 0 Å². The number of carbonyl (C=O) groups is 1. The molecule has 0 spiro atoms. The third-order valence-corrected chi connectivity index (χ3v) is 0.723. The first kappa shape index (κ1) is 4.74. The molecule has 1 amide bonds. The van der Waals surface area contributed by atoms with Crippen molar-refractivity contribution in [3.8, 4) is 0 Å². The van der Waals surface area contributed by atoms with Crippen molar-refractivity contribution >= 4 is 18.1 Å². The molecular formula is C4H3N3O. The van der Waals surface area contributed by atoms with Gasteiger partial charge < -0.3 is 5.32 Å². The molecule has 0 aromatic carbocycles. The fourth-order valence-electron chi connectivity index (χ4n) is 0.371. The van der Waals surface area contributed by atoms with Crippen molar-refractivity contribution in [3.63, 3.8) is 0 Å². The summed E-state index contributed by atoms with van der Waals surface area (Å²) in [6.45, 7) is 0. The van der Waals surface area contributed by atoms with Gasteiger partial charge in [0, 0.05) is 5.87 Å². The Balaban J connectivity index is 2.99. The lowest BCUT2D eigenvalue weighted by Gasteiger charge is -1.79. The molecule has 0 unspecified atom stereocenters. The number of nitrogens with one attached hydrogen (secondary N) is 2. The number of hydrogen-bond donors (Lipinski definition) is 2. The van der Waals surface area contributed by atoms with Crippen molar-refractivity contribution in [2.45, 2.75) is 0 Å². The van der Waals surface area contributed by atoms with Gasteiger partial charge in [-0.2, -0.15) is 0 Å². The lowest BCUT2D eigenvalue weighted by atomic mass is 10.5. The maximum atomic E-state index is 10.3. The Bertz CT molecular complexity index is 199. The predicted molar refractivity (Wildman–Crippen MR) is 27.9 cm³/mol. The number of amides is 1. The van der Waals surface area contributed by atoms with Crippen LogP contribution in [0.2, 0.25) is 0 Å². The first-order valence-corrected chi connectivity index (χ1v) is 1.97. The zero-order valence-electron chi connectivity index (χ0n) is 3.93. The van der Waals surface area contributed by atoms with Gasteiger partial charge >= 0.3 is 0 Å². The maximum absolute atomic E-state index is 10.3. The molecule has 1 rings (SSSR count). The van der Waals surface area contributed by atoms with Gasteiger partial charge in [-0.3, -0.25) is 10.2 Å². The summed E-state index contributed by atoms with van der Waals surface area (Å²) in [5.41, 5.74) is 0.0324. The number of nitrogens with zero attached hydrogens (tertiary/aromatic N) is 1. The Morgan fingerprint density at radius 1 is 1.88 bits per heavy atom. The van der Waals surface area contributed by atoms with Crippen molar-refractivity contribution < 1.29 is 4.79 Å². The van der Waals surface area contributed by atoms with Gasteiger partial charge in [0.15, 0.2) is 5.70 Å². The molecule has 4 nitrogen and oxygen atoms in total. The first-order valence-electron chi connectivity index (χ1n) is 1.97. The molecule has 0 bridgehead atoms. The summed E-state index contributed by atoms with van der Waals surface area (Å²) in [7, 11) is 0. The highest BCUT2D eigenvalue weighted by Crippen LogP contribution is 1.92. The fourth-order valence-corrected chi connectivity index (χ4v) is 0.371. The Morgan fingerprint density at radius 2 is 2.62 bits per heavy atom. The quantitative estimate of drug-likeness (QED) is 0.313. The summed E-state index contributed by atoms with van der Waals surface area (Å²) in [6.07, 6.45) is 1.24. The Hall–Kier alpha value is -1.41. The topological polar surface area (TPSA) is 65.3 Å². The molecule has 0 fully saturated rings. The number of aliphatic imine (C=N–C) groups is 1. The third-order valence-electron chi connectivity index (χ3n) is 0.723. The minimum absolute atomic E-state index is 0.0324. The third kappa shape index (κ3) is 0.527. The molecule has 8 heavy (non-hydrogen) atoms. The van der Waals surface area contributed by atoms with E-state index in [2.05, 4.69) is 10.3 Å². The first-order chi connectivity index (χ1) is 3.84. The molecular weight excluding hydrogens is 106 g/mol. The standard InChI is InChI=1S/C4H3N3O/c5-1-3-4(8)7-2-6-3/h2,5H,(H,6,7,8). The molecule has 1 heterocycles. The second kappa shape index (κ2) is 1.60. The zero-order chi connectivity index (χ0) is 5.98. The highest BCUT2D eigenvalue weighted by molar-refractivity contribution is 6.10. The fraction of sp³-hybridized carbons (Fsp3) is 0. The van der Waals surface area contributed by atoms with Crippen LogP contribution in [0.5, 0.6) is 0 Å². The van der Waals surface area contributed by atoms with Crippen molar-refractivity contribution in [2.75, 3.05) is 0 Å². The molecule has 0 radical (unpaired) electrons. The molecule has 0 saturated carbocycles. The average Bonchev–Trinajstić information content (AvgIpc) is 2.14. The van der Waals surface area contributed by atoms with E-state index in [1.807, 2.05) is 5.87 Å². The lowest BCUT2D eigenvalue weighted by molar-refractivity contribution is -0.115. The molecule has 0 saturated heterocycles. The van der Waals surface area contributed by atoms with Crippen LogP contribution < -0.4 is 5.32 Å². The zero-order valence-corrected chi connectivity index (χ0v) is 3.93. The van der Waals surface area contributed by atoms with Crippen molar-refractivity contribution in [3.05, 3.63) is 5.70 Å². The SMILES string of the molecule is N=C=C1N=CNC1=O. The van der Waals surface area contributed by atoms with Crippen molar-refractivity contribution in [2.24, 2.45) is 4.99 Å². The number of carbonyl (C=O) groups excluding carboxylic acids is 1. The van der Waals surface area contributed by atoms with E-state index in [1.54, 1.807) is 0 Å².